The van der Waals surface area contributed by atoms with Crippen LogP contribution in [0.15, 0.2) is 11.8 Å². The van der Waals surface area contributed by atoms with Crippen LogP contribution in [0.5, 0.6) is 0 Å². The van der Waals surface area contributed by atoms with Crippen LogP contribution in [0, 0.1) is 0 Å². The third-order valence-electron chi connectivity index (χ3n) is 1.61. The van der Waals surface area contributed by atoms with E-state index in [-0.39, 0.29) is 5.78 Å². The Kier molecular flexibility index (Phi) is 2.72. The summed E-state index contributed by atoms with van der Waals surface area (Å²) in [7, 11) is -1.49. The van der Waals surface area contributed by atoms with Gasteiger partial charge in [-0.25, -0.2) is 0 Å². The summed E-state index contributed by atoms with van der Waals surface area (Å²) in [6, 6.07) is 0. The Balaban J connectivity index is 2.57. The van der Waals surface area contributed by atoms with E-state index < -0.39 is 8.32 Å². The lowest BCUT2D eigenvalue weighted by Crippen LogP contribution is -2.26. The molecule has 0 aromatic heterocycles. The highest BCUT2D eigenvalue weighted by molar-refractivity contribution is 6.70. The number of hydrogen-bond acceptors (Lipinski definition) is 2. The van der Waals surface area contributed by atoms with Gasteiger partial charge in [-0.2, -0.15) is 0 Å². The molecule has 1 rings (SSSR count). The second-order valence-electron chi connectivity index (χ2n) is 4.14. The van der Waals surface area contributed by atoms with Gasteiger partial charge in [0, 0.05) is 26.1 Å². The topological polar surface area (TPSA) is 28.4 Å². The maximum absolute atomic E-state index is 11.0. The number of allylic oxidation sites excluding steroid dienone is 2. The highest BCUT2D eigenvalue weighted by Gasteiger charge is 2.35. The molecule has 0 saturated carbocycles. The Morgan fingerprint density at radius 2 is 2.00 bits per heavy atom. The first kappa shape index (κ1) is 9.51. The van der Waals surface area contributed by atoms with Crippen LogP contribution >= 0.6 is 0 Å². The monoisotopic (exact) mass is 184 g/mol. The van der Waals surface area contributed by atoms with E-state index in [0.29, 0.717) is 6.42 Å². The van der Waals surface area contributed by atoms with E-state index >= 15 is 0 Å². The van der Waals surface area contributed by atoms with E-state index in [1.165, 1.54) is 0 Å². The second-order valence-corrected chi connectivity index (χ2v) is 8.57. The van der Waals surface area contributed by atoms with E-state index in [9.17, 15) is 4.79 Å². The van der Waals surface area contributed by atoms with Crippen molar-refractivity contribution < 1.29 is 9.22 Å². The summed E-state index contributed by atoms with van der Waals surface area (Å²) in [5.74, 6) is 1.12. The van der Waals surface area contributed by atoms with E-state index in [1.807, 2.05) is 0 Å². The summed E-state index contributed by atoms with van der Waals surface area (Å²) >= 11 is 0. The van der Waals surface area contributed by atoms with Crippen LogP contribution < -0.4 is 0 Å². The van der Waals surface area contributed by atoms with E-state index in [2.05, 4.69) is 19.6 Å². The molecule has 0 spiro atoms. The van der Waals surface area contributed by atoms with Crippen molar-refractivity contribution in [2.75, 3.05) is 0 Å². The predicted octanol–water partition coefficient (Wildman–Crippen LogP) is 2.47. The molecule has 0 heterocycles. The van der Waals surface area contributed by atoms with Crippen molar-refractivity contribution in [1.29, 1.82) is 0 Å². The molecule has 0 aliphatic heterocycles. The van der Waals surface area contributed by atoms with Crippen LogP contribution in [-0.4, -0.2) is 14.1 Å². The fourth-order valence-corrected chi connectivity index (χ4v) is 2.18. The summed E-state index contributed by atoms with van der Waals surface area (Å²) in [4.78, 5) is 11.0. The van der Waals surface area contributed by atoms with Crippen LogP contribution in [0.25, 0.3) is 0 Å². The maximum atomic E-state index is 11.0. The van der Waals surface area contributed by atoms with Gasteiger partial charge in [-0.05, 0) is 6.42 Å². The SMILES string of the molecule is C[Si](C)(C)[O+]C1=CC(=O)CCC1. The average molecular weight is 184 g/mol. The molecule has 0 amide bonds. The zero-order valence-corrected chi connectivity index (χ0v) is 9.02. The molecule has 0 unspecified atom stereocenters. The molecule has 0 atom stereocenters. The molecule has 0 N–H and O–H groups in total. The van der Waals surface area contributed by atoms with E-state index in [1.54, 1.807) is 6.08 Å². The first-order valence-corrected chi connectivity index (χ1v) is 7.81. The zero-order chi connectivity index (χ0) is 9.19. The number of rotatable bonds is 2. The van der Waals surface area contributed by atoms with E-state index in [0.717, 1.165) is 18.6 Å². The summed E-state index contributed by atoms with van der Waals surface area (Å²) in [5.41, 5.74) is 0. The van der Waals surface area contributed by atoms with Gasteiger partial charge in [-0.3, -0.25) is 4.79 Å². The van der Waals surface area contributed by atoms with Crippen molar-refractivity contribution in [3.63, 3.8) is 0 Å². The number of hydrogen-bond donors (Lipinski definition) is 0. The normalized spacial score (nSPS) is 18.9. The van der Waals surface area contributed by atoms with Gasteiger partial charge < -0.3 is 4.43 Å². The Hall–Kier alpha value is -0.573. The smallest absolute Gasteiger partial charge is 0.376 e. The minimum absolute atomic E-state index is 0.217. The molecule has 0 saturated heterocycles. The Morgan fingerprint density at radius 3 is 2.50 bits per heavy atom. The molecule has 0 aromatic rings. The summed E-state index contributed by atoms with van der Waals surface area (Å²) in [6.07, 6.45) is 4.26. The number of ketones is 1. The van der Waals surface area contributed by atoms with Gasteiger partial charge in [-0.15, -0.1) is 0 Å². The highest BCUT2D eigenvalue weighted by atomic mass is 28.4. The lowest BCUT2D eigenvalue weighted by Gasteiger charge is -2.09. The predicted molar refractivity (Wildman–Crippen MR) is 51.4 cm³/mol. The first-order valence-electron chi connectivity index (χ1n) is 4.40. The van der Waals surface area contributed by atoms with E-state index in [4.69, 9.17) is 4.43 Å². The van der Waals surface area contributed by atoms with Gasteiger partial charge in [-0.1, -0.05) is 0 Å². The minimum Gasteiger partial charge on any atom is -0.376 e. The first-order chi connectivity index (χ1) is 5.47. The summed E-state index contributed by atoms with van der Waals surface area (Å²) < 4.78 is 5.73. The fraction of sp³-hybridized carbons (Fsp3) is 0.667. The molecule has 0 aromatic carbocycles. The summed E-state index contributed by atoms with van der Waals surface area (Å²) in [5, 5.41) is 0. The molecule has 0 bridgehead atoms. The van der Waals surface area contributed by atoms with Crippen LogP contribution in [0.3, 0.4) is 0 Å². The zero-order valence-electron chi connectivity index (χ0n) is 8.02. The Bertz CT molecular complexity index is 213. The van der Waals surface area contributed by atoms with Crippen molar-refractivity contribution in [3.05, 3.63) is 11.8 Å². The van der Waals surface area contributed by atoms with Gasteiger partial charge in [0.25, 0.3) is 5.76 Å². The van der Waals surface area contributed by atoms with Crippen LogP contribution in [0.1, 0.15) is 19.3 Å². The minimum atomic E-state index is -1.49. The van der Waals surface area contributed by atoms with Gasteiger partial charge in [0.05, 0.1) is 12.5 Å². The van der Waals surface area contributed by atoms with Crippen molar-refractivity contribution in [1.82, 2.24) is 0 Å². The average Bonchev–Trinajstić information content (AvgIpc) is 1.82. The Morgan fingerprint density at radius 1 is 1.33 bits per heavy atom. The summed E-state index contributed by atoms with van der Waals surface area (Å²) in [6.45, 7) is 6.40. The molecule has 1 radical (unpaired) electrons. The standard InChI is InChI=1S/C9H16O2Si/c1-12(2,3)11-9-6-4-5-8(10)7-9/h7H,4-6H2,1-3H3/q+1. The highest BCUT2D eigenvalue weighted by Crippen LogP contribution is 2.20. The third-order valence-corrected chi connectivity index (χ3v) is 2.48. The number of carbonyl (C=O) groups excluding carboxylic acids is 1. The van der Waals surface area contributed by atoms with Crippen LogP contribution in [0.2, 0.25) is 19.6 Å². The maximum Gasteiger partial charge on any atom is 0.508 e. The second kappa shape index (κ2) is 3.43. The molecular weight excluding hydrogens is 168 g/mol. The molecule has 0 fully saturated rings. The number of carbonyl (C=O) groups is 1. The third kappa shape index (κ3) is 3.22. The quantitative estimate of drug-likeness (QED) is 0.487. The Labute approximate surface area is 74.7 Å². The molecule has 1 aliphatic carbocycles. The lowest BCUT2D eigenvalue weighted by atomic mass is 10.1. The van der Waals surface area contributed by atoms with Crippen molar-refractivity contribution >= 4 is 14.1 Å². The lowest BCUT2D eigenvalue weighted by molar-refractivity contribution is -0.115. The largest absolute Gasteiger partial charge is 0.508 e. The molecule has 2 nitrogen and oxygen atoms in total. The van der Waals surface area contributed by atoms with Crippen molar-refractivity contribution in [2.24, 2.45) is 0 Å². The van der Waals surface area contributed by atoms with Crippen molar-refractivity contribution in [3.8, 4) is 0 Å². The fourth-order valence-electron chi connectivity index (χ4n) is 1.23. The molecular formula is C9H16O2Si+. The van der Waals surface area contributed by atoms with Gasteiger partial charge >= 0.3 is 8.32 Å². The molecule has 1 aliphatic rings. The van der Waals surface area contributed by atoms with Crippen molar-refractivity contribution in [2.45, 2.75) is 38.9 Å². The van der Waals surface area contributed by atoms with Crippen LogP contribution in [-0.2, 0) is 9.22 Å². The van der Waals surface area contributed by atoms with Gasteiger partial charge in [0.2, 0.25) is 0 Å². The van der Waals surface area contributed by atoms with Crippen LogP contribution in [0.4, 0.5) is 0 Å². The van der Waals surface area contributed by atoms with Gasteiger partial charge in [0.1, 0.15) is 0 Å². The molecule has 67 valence electrons. The molecule has 3 heteroatoms. The van der Waals surface area contributed by atoms with Gasteiger partial charge in [0.15, 0.2) is 5.78 Å². The molecule has 12 heavy (non-hydrogen) atoms.